The van der Waals surface area contributed by atoms with E-state index in [-0.39, 0.29) is 5.92 Å². The second kappa shape index (κ2) is 9.75. The molecule has 0 radical (unpaired) electrons. The van der Waals surface area contributed by atoms with Crippen LogP contribution in [0.1, 0.15) is 22.9 Å². The normalized spacial score (nSPS) is 15.1. The fourth-order valence-electron chi connectivity index (χ4n) is 4.58. The number of hydrogen-bond acceptors (Lipinski definition) is 4. The minimum atomic E-state index is 0.0785. The van der Waals surface area contributed by atoms with Gasteiger partial charge < -0.3 is 9.64 Å². The van der Waals surface area contributed by atoms with Crippen molar-refractivity contribution in [3.05, 3.63) is 138 Å². The number of benzene rings is 2. The van der Waals surface area contributed by atoms with Crippen LogP contribution >= 0.6 is 0 Å². The molecule has 0 spiro atoms. The summed E-state index contributed by atoms with van der Waals surface area (Å²) in [5, 5.41) is 0. The molecule has 0 N–H and O–H groups in total. The molecular formula is C30H27N3O. The summed E-state index contributed by atoms with van der Waals surface area (Å²) in [6, 6.07) is 30.9. The van der Waals surface area contributed by atoms with E-state index < -0.39 is 0 Å². The Labute approximate surface area is 200 Å². The highest BCUT2D eigenvalue weighted by Crippen LogP contribution is 2.50. The average Bonchev–Trinajstić information content (AvgIpc) is 2.90. The van der Waals surface area contributed by atoms with E-state index in [0.29, 0.717) is 0 Å². The van der Waals surface area contributed by atoms with Crippen LogP contribution in [0.4, 0.5) is 5.69 Å². The molecule has 0 saturated heterocycles. The molecule has 168 valence electrons. The fraction of sp³-hybridized carbons (Fsp3) is 0.133. The number of nitrogens with zero attached hydrogens (tertiary/aromatic N) is 3. The molecule has 4 heteroatoms. The lowest BCUT2D eigenvalue weighted by atomic mass is 9.69. The first-order chi connectivity index (χ1) is 16.7. The van der Waals surface area contributed by atoms with Gasteiger partial charge in [0.15, 0.2) is 0 Å². The molecule has 34 heavy (non-hydrogen) atoms. The summed E-state index contributed by atoms with van der Waals surface area (Å²) < 4.78 is 5.39. The molecule has 2 aromatic carbocycles. The van der Waals surface area contributed by atoms with Gasteiger partial charge in [-0.3, -0.25) is 9.97 Å². The molecule has 4 nitrogen and oxygen atoms in total. The number of pyridine rings is 2. The van der Waals surface area contributed by atoms with Gasteiger partial charge in [0.1, 0.15) is 5.75 Å². The third kappa shape index (κ3) is 4.35. The van der Waals surface area contributed by atoms with Crippen LogP contribution < -0.4 is 9.64 Å². The minimum Gasteiger partial charge on any atom is -0.497 e. The zero-order chi connectivity index (χ0) is 23.3. The monoisotopic (exact) mass is 445 g/mol. The van der Waals surface area contributed by atoms with Crippen molar-refractivity contribution in [1.82, 2.24) is 9.97 Å². The quantitative estimate of drug-likeness (QED) is 0.319. The Morgan fingerprint density at radius 1 is 0.794 bits per heavy atom. The molecule has 0 bridgehead atoms. The lowest BCUT2D eigenvalue weighted by Crippen LogP contribution is -2.32. The highest BCUT2D eigenvalue weighted by atomic mass is 16.5. The molecule has 0 fully saturated rings. The highest BCUT2D eigenvalue weighted by molar-refractivity contribution is 5.91. The Kier molecular flexibility index (Phi) is 6.21. The summed E-state index contributed by atoms with van der Waals surface area (Å²) in [7, 11) is 1.69. The van der Waals surface area contributed by atoms with Crippen molar-refractivity contribution in [1.29, 1.82) is 0 Å². The van der Waals surface area contributed by atoms with Crippen molar-refractivity contribution < 1.29 is 4.74 Å². The Bertz CT molecular complexity index is 1280. The van der Waals surface area contributed by atoms with Crippen LogP contribution in [0.3, 0.4) is 0 Å². The van der Waals surface area contributed by atoms with E-state index in [1.807, 2.05) is 48.8 Å². The van der Waals surface area contributed by atoms with Gasteiger partial charge in [-0.2, -0.15) is 0 Å². The Morgan fingerprint density at radius 2 is 1.50 bits per heavy atom. The van der Waals surface area contributed by atoms with E-state index in [9.17, 15) is 0 Å². The molecule has 1 aliphatic rings. The van der Waals surface area contributed by atoms with Crippen LogP contribution in [0.5, 0.6) is 5.75 Å². The maximum Gasteiger partial charge on any atom is 0.119 e. The second-order valence-corrected chi connectivity index (χ2v) is 8.37. The number of rotatable bonds is 8. The third-order valence-corrected chi connectivity index (χ3v) is 6.26. The first-order valence-electron chi connectivity index (χ1n) is 11.4. The van der Waals surface area contributed by atoms with Crippen molar-refractivity contribution in [2.45, 2.75) is 12.5 Å². The lowest BCUT2D eigenvalue weighted by Gasteiger charge is -2.39. The zero-order valence-corrected chi connectivity index (χ0v) is 19.3. The van der Waals surface area contributed by atoms with Gasteiger partial charge in [-0.05, 0) is 65.2 Å². The summed E-state index contributed by atoms with van der Waals surface area (Å²) in [5.74, 6) is 0.926. The molecule has 4 aromatic rings. The van der Waals surface area contributed by atoms with Crippen molar-refractivity contribution in [3.63, 3.8) is 0 Å². The number of ether oxygens (including phenoxy) is 1. The van der Waals surface area contributed by atoms with E-state index in [4.69, 9.17) is 4.74 Å². The Hall–Kier alpha value is -4.18. The van der Waals surface area contributed by atoms with Crippen molar-refractivity contribution in [3.8, 4) is 5.75 Å². The lowest BCUT2D eigenvalue weighted by molar-refractivity contribution is 0.415. The number of aromatic nitrogens is 2. The molecule has 1 aliphatic carbocycles. The molecule has 2 heterocycles. The van der Waals surface area contributed by atoms with Crippen molar-refractivity contribution in [2.24, 2.45) is 0 Å². The van der Waals surface area contributed by atoms with E-state index >= 15 is 0 Å². The smallest absolute Gasteiger partial charge is 0.119 e. The summed E-state index contributed by atoms with van der Waals surface area (Å²) >= 11 is 0. The average molecular weight is 446 g/mol. The Morgan fingerprint density at radius 3 is 2.15 bits per heavy atom. The van der Waals surface area contributed by atoms with Gasteiger partial charge in [0.25, 0.3) is 0 Å². The number of methoxy groups -OCH3 is 1. The fourth-order valence-corrected chi connectivity index (χ4v) is 4.58. The first-order valence-corrected chi connectivity index (χ1v) is 11.4. The van der Waals surface area contributed by atoms with Gasteiger partial charge in [0.05, 0.1) is 18.5 Å². The minimum absolute atomic E-state index is 0.0785. The maximum absolute atomic E-state index is 5.39. The van der Waals surface area contributed by atoms with E-state index in [2.05, 4.69) is 76.0 Å². The third-order valence-electron chi connectivity index (χ3n) is 6.26. The summed E-state index contributed by atoms with van der Waals surface area (Å²) in [5.41, 5.74) is 7.88. The van der Waals surface area contributed by atoms with Crippen molar-refractivity contribution >= 4 is 11.3 Å². The Balaban J connectivity index is 1.56. The SMILES string of the molecule is C=C1C(c2ccccn2)=C(CN(Cc2ccccc2)c2ccc(OC)cc2)C1c1ccccn1. The second-order valence-electron chi connectivity index (χ2n) is 8.37. The summed E-state index contributed by atoms with van der Waals surface area (Å²) in [6.07, 6.45) is 3.69. The maximum atomic E-state index is 5.39. The molecule has 0 saturated carbocycles. The molecule has 2 aromatic heterocycles. The van der Waals surface area contributed by atoms with E-state index in [1.54, 1.807) is 7.11 Å². The molecule has 5 rings (SSSR count). The van der Waals surface area contributed by atoms with Gasteiger partial charge >= 0.3 is 0 Å². The number of hydrogen-bond donors (Lipinski definition) is 0. The van der Waals surface area contributed by atoms with Gasteiger partial charge in [0, 0.05) is 42.7 Å². The molecule has 0 amide bonds. The van der Waals surface area contributed by atoms with Crippen LogP contribution in [0.2, 0.25) is 0 Å². The standard InChI is InChI=1S/C30H27N3O/c1-22-29(27-12-6-8-18-31-27)26(30(22)28-13-7-9-19-32-28)21-33(20-23-10-4-3-5-11-23)24-14-16-25(34-2)17-15-24/h3-19,29H,1,20-21H2,2H3. The van der Waals surface area contributed by atoms with Crippen LogP contribution in [0, 0.1) is 0 Å². The van der Waals surface area contributed by atoms with E-state index in [1.165, 1.54) is 11.1 Å². The molecule has 0 aliphatic heterocycles. The topological polar surface area (TPSA) is 38.2 Å². The van der Waals surface area contributed by atoms with Gasteiger partial charge in [-0.15, -0.1) is 0 Å². The van der Waals surface area contributed by atoms with E-state index in [0.717, 1.165) is 47.1 Å². The summed E-state index contributed by atoms with van der Waals surface area (Å²) in [6.45, 7) is 5.97. The van der Waals surface area contributed by atoms with Crippen LogP contribution in [-0.4, -0.2) is 23.6 Å². The zero-order valence-electron chi connectivity index (χ0n) is 19.3. The molecule has 1 unspecified atom stereocenters. The van der Waals surface area contributed by atoms with Gasteiger partial charge in [-0.25, -0.2) is 0 Å². The van der Waals surface area contributed by atoms with Crippen molar-refractivity contribution in [2.75, 3.05) is 18.6 Å². The largest absolute Gasteiger partial charge is 0.497 e. The molecular weight excluding hydrogens is 418 g/mol. The highest BCUT2D eigenvalue weighted by Gasteiger charge is 2.37. The predicted octanol–water partition coefficient (Wildman–Crippen LogP) is 6.30. The van der Waals surface area contributed by atoms with Crippen LogP contribution in [-0.2, 0) is 6.54 Å². The predicted molar refractivity (Wildman–Crippen MR) is 138 cm³/mol. The van der Waals surface area contributed by atoms with Gasteiger partial charge in [0.2, 0.25) is 0 Å². The number of allylic oxidation sites excluding steroid dienone is 2. The first kappa shape index (κ1) is 21.7. The van der Waals surface area contributed by atoms with Gasteiger partial charge in [-0.1, -0.05) is 49.0 Å². The number of anilines is 1. The summed E-state index contributed by atoms with van der Waals surface area (Å²) in [4.78, 5) is 11.7. The van der Waals surface area contributed by atoms with Crippen LogP contribution in [0.15, 0.2) is 121 Å². The van der Waals surface area contributed by atoms with Crippen LogP contribution in [0.25, 0.3) is 5.57 Å². The molecule has 1 atom stereocenters.